The Bertz CT molecular complexity index is 1090. The predicted molar refractivity (Wildman–Crippen MR) is 128 cm³/mol. The average Bonchev–Trinajstić information content (AvgIpc) is 3.57. The third kappa shape index (κ3) is 4.50. The molecule has 35 heavy (non-hydrogen) atoms. The van der Waals surface area contributed by atoms with Crippen LogP contribution in [0, 0.1) is 17.8 Å². The van der Waals surface area contributed by atoms with Gasteiger partial charge in [-0.15, -0.1) is 0 Å². The number of carbonyl (C=O) groups is 3. The number of carboxylic acids is 1. The predicted octanol–water partition coefficient (Wildman–Crippen LogP) is 3.11. The van der Waals surface area contributed by atoms with Gasteiger partial charge in [0, 0.05) is 38.1 Å². The van der Waals surface area contributed by atoms with E-state index in [0.717, 1.165) is 11.1 Å². The lowest BCUT2D eigenvalue weighted by atomic mass is 9.98. The van der Waals surface area contributed by atoms with Crippen LogP contribution in [-0.4, -0.2) is 66.9 Å². The molecule has 8 nitrogen and oxygen atoms in total. The number of carbonyl (C=O) groups excluding carboxylic acids is 2. The van der Waals surface area contributed by atoms with Gasteiger partial charge in [0.2, 0.25) is 0 Å². The molecule has 2 aromatic carbocycles. The van der Waals surface area contributed by atoms with E-state index >= 15 is 0 Å². The van der Waals surface area contributed by atoms with Gasteiger partial charge >= 0.3 is 12.1 Å². The molecule has 0 aromatic heterocycles. The minimum absolute atomic E-state index is 0.0170. The summed E-state index contributed by atoms with van der Waals surface area (Å²) in [5.74, 6) is -1.93. The summed E-state index contributed by atoms with van der Waals surface area (Å²) in [4.78, 5) is 38.5. The molecular weight excluding hydrogens is 448 g/mol. The fourth-order valence-corrected chi connectivity index (χ4v) is 5.63. The number of benzene rings is 2. The van der Waals surface area contributed by atoms with Gasteiger partial charge in [-0.05, 0) is 34.6 Å². The van der Waals surface area contributed by atoms with Crippen molar-refractivity contribution in [2.24, 2.45) is 17.8 Å². The van der Waals surface area contributed by atoms with Crippen molar-refractivity contribution >= 4 is 18.0 Å². The van der Waals surface area contributed by atoms with Crippen LogP contribution in [0.4, 0.5) is 4.79 Å². The van der Waals surface area contributed by atoms with E-state index in [1.165, 1.54) is 11.1 Å². The number of aliphatic carboxylic acids is 1. The SMILES string of the molecule is C[C@@H]1CN(C(=O)[C@@H]2OCC[C@@H]2CNC(=O)OCC2c3ccccc3-c3ccccc32)C[C@H]1C(=O)O. The summed E-state index contributed by atoms with van der Waals surface area (Å²) in [5, 5.41) is 12.2. The van der Waals surface area contributed by atoms with E-state index in [1.807, 2.05) is 31.2 Å². The van der Waals surface area contributed by atoms with Crippen LogP contribution in [0.1, 0.15) is 30.4 Å². The second-order valence-corrected chi connectivity index (χ2v) is 9.71. The Morgan fingerprint density at radius 2 is 1.71 bits per heavy atom. The molecule has 0 spiro atoms. The first-order chi connectivity index (χ1) is 16.9. The van der Waals surface area contributed by atoms with Gasteiger partial charge in [-0.25, -0.2) is 4.79 Å². The van der Waals surface area contributed by atoms with E-state index in [4.69, 9.17) is 9.47 Å². The molecule has 0 radical (unpaired) electrons. The summed E-state index contributed by atoms with van der Waals surface area (Å²) in [6.07, 6.45) is -0.555. The maximum atomic E-state index is 13.0. The van der Waals surface area contributed by atoms with Crippen LogP contribution in [0.15, 0.2) is 48.5 Å². The minimum atomic E-state index is -0.881. The van der Waals surface area contributed by atoms with Crippen LogP contribution >= 0.6 is 0 Å². The van der Waals surface area contributed by atoms with Crippen molar-refractivity contribution in [2.75, 3.05) is 32.8 Å². The molecular formula is C27H30N2O6. The Morgan fingerprint density at radius 3 is 2.34 bits per heavy atom. The van der Waals surface area contributed by atoms with Crippen molar-refractivity contribution in [1.29, 1.82) is 0 Å². The lowest BCUT2D eigenvalue weighted by Gasteiger charge is -2.24. The zero-order valence-electron chi connectivity index (χ0n) is 19.7. The number of alkyl carbamates (subject to hydrolysis) is 1. The van der Waals surface area contributed by atoms with Crippen LogP contribution in [0.5, 0.6) is 0 Å². The molecule has 4 atom stereocenters. The largest absolute Gasteiger partial charge is 0.481 e. The highest BCUT2D eigenvalue weighted by molar-refractivity contribution is 5.83. The monoisotopic (exact) mass is 478 g/mol. The number of amides is 2. The molecule has 0 saturated carbocycles. The summed E-state index contributed by atoms with van der Waals surface area (Å²) in [6, 6.07) is 16.3. The van der Waals surface area contributed by atoms with Gasteiger partial charge in [0.05, 0.1) is 5.92 Å². The number of carboxylic acid groups (broad SMARTS) is 1. The second-order valence-electron chi connectivity index (χ2n) is 9.71. The summed E-state index contributed by atoms with van der Waals surface area (Å²) in [5.41, 5.74) is 4.64. The molecule has 0 unspecified atom stereocenters. The van der Waals surface area contributed by atoms with Crippen molar-refractivity contribution in [1.82, 2.24) is 10.2 Å². The lowest BCUT2D eigenvalue weighted by molar-refractivity contribution is -0.143. The standard InChI is InChI=1S/C27H30N2O6/c1-16-13-29(14-22(16)26(31)32)25(30)24-17(10-11-34-24)12-28-27(33)35-15-23-20-8-4-2-6-18(20)19-7-3-5-9-21(19)23/h2-9,16-17,22-24H,10-15H2,1H3,(H,28,33)(H,31,32)/t16-,17-,22-,24-/m1/s1. The van der Waals surface area contributed by atoms with Crippen LogP contribution in [-0.2, 0) is 19.1 Å². The number of nitrogens with zero attached hydrogens (tertiary/aromatic N) is 1. The van der Waals surface area contributed by atoms with E-state index in [-0.39, 0.29) is 43.4 Å². The van der Waals surface area contributed by atoms with Gasteiger partial charge in [0.25, 0.3) is 5.91 Å². The maximum Gasteiger partial charge on any atom is 0.407 e. The molecule has 2 aliphatic heterocycles. The Balaban J connectivity index is 1.15. The highest BCUT2D eigenvalue weighted by Gasteiger charge is 2.43. The van der Waals surface area contributed by atoms with E-state index in [2.05, 4.69) is 29.6 Å². The summed E-state index contributed by atoms with van der Waals surface area (Å²) >= 11 is 0. The number of hydrogen-bond acceptors (Lipinski definition) is 5. The average molecular weight is 479 g/mol. The highest BCUT2D eigenvalue weighted by atomic mass is 16.5. The third-order valence-corrected chi connectivity index (χ3v) is 7.55. The second kappa shape index (κ2) is 9.70. The molecule has 8 heteroatoms. The van der Waals surface area contributed by atoms with Gasteiger partial charge in [0.15, 0.2) is 0 Å². The molecule has 2 heterocycles. The van der Waals surface area contributed by atoms with Gasteiger partial charge in [0.1, 0.15) is 12.7 Å². The lowest BCUT2D eigenvalue weighted by Crippen LogP contribution is -2.44. The molecule has 0 bridgehead atoms. The smallest absolute Gasteiger partial charge is 0.407 e. The van der Waals surface area contributed by atoms with E-state index in [1.54, 1.807) is 4.90 Å². The number of likely N-dealkylation sites (tertiary alicyclic amines) is 1. The molecule has 5 rings (SSSR count). The molecule has 2 N–H and O–H groups in total. The van der Waals surface area contributed by atoms with E-state index in [0.29, 0.717) is 19.6 Å². The summed E-state index contributed by atoms with van der Waals surface area (Å²) in [6.45, 7) is 3.37. The molecule has 1 aliphatic carbocycles. The molecule has 3 aliphatic rings. The Morgan fingerprint density at radius 1 is 1.06 bits per heavy atom. The van der Waals surface area contributed by atoms with Crippen LogP contribution in [0.25, 0.3) is 11.1 Å². The normalized spacial score (nSPS) is 25.2. The quantitative estimate of drug-likeness (QED) is 0.661. The van der Waals surface area contributed by atoms with Crippen LogP contribution in [0.2, 0.25) is 0 Å². The molecule has 2 fully saturated rings. The molecule has 2 saturated heterocycles. The Labute approximate surface area is 204 Å². The summed E-state index contributed by atoms with van der Waals surface area (Å²) < 4.78 is 11.3. The first kappa shape index (κ1) is 23.4. The topological polar surface area (TPSA) is 105 Å². The molecule has 2 amide bonds. The third-order valence-electron chi connectivity index (χ3n) is 7.55. The van der Waals surface area contributed by atoms with Crippen molar-refractivity contribution in [3.63, 3.8) is 0 Å². The van der Waals surface area contributed by atoms with E-state index < -0.39 is 24.1 Å². The zero-order valence-corrected chi connectivity index (χ0v) is 19.7. The first-order valence-electron chi connectivity index (χ1n) is 12.2. The Hall–Kier alpha value is -3.39. The van der Waals surface area contributed by atoms with Crippen molar-refractivity contribution in [2.45, 2.75) is 25.4 Å². The number of nitrogens with one attached hydrogen (secondary N) is 1. The fourth-order valence-electron chi connectivity index (χ4n) is 5.63. The number of fused-ring (bicyclic) bond motifs is 3. The number of hydrogen-bond donors (Lipinski definition) is 2. The van der Waals surface area contributed by atoms with Gasteiger partial charge in [-0.2, -0.15) is 0 Å². The maximum absolute atomic E-state index is 13.0. The van der Waals surface area contributed by atoms with Crippen LogP contribution in [0.3, 0.4) is 0 Å². The Kier molecular flexibility index (Phi) is 6.47. The van der Waals surface area contributed by atoms with Gasteiger partial charge < -0.3 is 24.8 Å². The number of rotatable bonds is 6. The van der Waals surface area contributed by atoms with Gasteiger partial charge in [-0.3, -0.25) is 9.59 Å². The molecule has 2 aromatic rings. The van der Waals surface area contributed by atoms with Crippen LogP contribution < -0.4 is 5.32 Å². The van der Waals surface area contributed by atoms with Crippen molar-refractivity contribution in [3.8, 4) is 11.1 Å². The minimum Gasteiger partial charge on any atom is -0.481 e. The van der Waals surface area contributed by atoms with Crippen molar-refractivity contribution in [3.05, 3.63) is 59.7 Å². The van der Waals surface area contributed by atoms with E-state index in [9.17, 15) is 19.5 Å². The first-order valence-corrected chi connectivity index (χ1v) is 12.2. The number of ether oxygens (including phenoxy) is 2. The highest BCUT2D eigenvalue weighted by Crippen LogP contribution is 2.44. The zero-order chi connectivity index (χ0) is 24.5. The van der Waals surface area contributed by atoms with Gasteiger partial charge in [-0.1, -0.05) is 55.5 Å². The molecule has 184 valence electrons. The summed E-state index contributed by atoms with van der Waals surface area (Å²) in [7, 11) is 0. The van der Waals surface area contributed by atoms with Crippen molar-refractivity contribution < 1.29 is 29.0 Å². The fraction of sp³-hybridized carbons (Fsp3) is 0.444.